The van der Waals surface area contributed by atoms with Crippen molar-refractivity contribution in [2.45, 2.75) is 26.3 Å². The van der Waals surface area contributed by atoms with Gasteiger partial charge in [0.1, 0.15) is 0 Å². The van der Waals surface area contributed by atoms with E-state index in [0.717, 1.165) is 31.0 Å². The van der Waals surface area contributed by atoms with Gasteiger partial charge in [-0.25, -0.2) is 4.52 Å². The Bertz CT molecular complexity index is 545. The normalized spacial score (nSPS) is 21.3. The second-order valence-corrected chi connectivity index (χ2v) is 4.93. The SMILES string of the molecule is Cc1cccc2nc(NC(C)C3CCOC3)nn12. The van der Waals surface area contributed by atoms with Crippen LogP contribution in [0.4, 0.5) is 5.95 Å². The van der Waals surface area contributed by atoms with Crippen LogP contribution in [0.3, 0.4) is 0 Å². The van der Waals surface area contributed by atoms with Gasteiger partial charge in [-0.05, 0) is 32.4 Å². The van der Waals surface area contributed by atoms with Crippen LogP contribution in [0, 0.1) is 12.8 Å². The molecule has 0 aliphatic carbocycles. The maximum Gasteiger partial charge on any atom is 0.243 e. The molecule has 18 heavy (non-hydrogen) atoms. The van der Waals surface area contributed by atoms with Gasteiger partial charge >= 0.3 is 0 Å². The van der Waals surface area contributed by atoms with Crippen LogP contribution in [0.5, 0.6) is 0 Å². The Hall–Kier alpha value is -1.62. The Morgan fingerprint density at radius 3 is 3.11 bits per heavy atom. The predicted octanol–water partition coefficient (Wildman–Crippen LogP) is 1.87. The molecule has 96 valence electrons. The first-order valence-corrected chi connectivity index (χ1v) is 6.41. The molecule has 1 saturated heterocycles. The minimum Gasteiger partial charge on any atom is -0.381 e. The largest absolute Gasteiger partial charge is 0.381 e. The fourth-order valence-electron chi connectivity index (χ4n) is 2.37. The van der Waals surface area contributed by atoms with Crippen LogP contribution < -0.4 is 5.32 Å². The van der Waals surface area contributed by atoms with Crippen molar-refractivity contribution >= 4 is 11.6 Å². The summed E-state index contributed by atoms with van der Waals surface area (Å²) in [5.74, 6) is 1.25. The van der Waals surface area contributed by atoms with Gasteiger partial charge in [0.25, 0.3) is 0 Å². The number of aromatic nitrogens is 3. The molecule has 0 saturated carbocycles. The molecule has 0 radical (unpaired) electrons. The number of hydrogen-bond acceptors (Lipinski definition) is 4. The Labute approximate surface area is 106 Å². The molecule has 1 N–H and O–H groups in total. The minimum absolute atomic E-state index is 0.338. The summed E-state index contributed by atoms with van der Waals surface area (Å²) in [5, 5.41) is 7.85. The van der Waals surface area contributed by atoms with Gasteiger partial charge in [0.05, 0.1) is 6.61 Å². The van der Waals surface area contributed by atoms with Crippen LogP contribution in [0.25, 0.3) is 5.65 Å². The molecule has 2 aromatic heterocycles. The summed E-state index contributed by atoms with van der Waals surface area (Å²) < 4.78 is 7.27. The third-order valence-electron chi connectivity index (χ3n) is 3.58. The van der Waals surface area contributed by atoms with E-state index >= 15 is 0 Å². The number of fused-ring (bicyclic) bond motifs is 1. The van der Waals surface area contributed by atoms with Crippen molar-refractivity contribution in [3.8, 4) is 0 Å². The van der Waals surface area contributed by atoms with E-state index in [1.165, 1.54) is 0 Å². The van der Waals surface area contributed by atoms with Gasteiger partial charge < -0.3 is 10.1 Å². The molecule has 0 bridgehead atoms. The Balaban J connectivity index is 1.80. The van der Waals surface area contributed by atoms with E-state index in [9.17, 15) is 0 Å². The van der Waals surface area contributed by atoms with E-state index in [0.29, 0.717) is 17.9 Å². The first kappa shape index (κ1) is 11.5. The molecule has 2 atom stereocenters. The highest BCUT2D eigenvalue weighted by molar-refractivity contribution is 5.44. The topological polar surface area (TPSA) is 51.5 Å². The quantitative estimate of drug-likeness (QED) is 0.898. The summed E-state index contributed by atoms with van der Waals surface area (Å²) in [7, 11) is 0. The Morgan fingerprint density at radius 2 is 2.39 bits per heavy atom. The van der Waals surface area contributed by atoms with Crippen molar-refractivity contribution in [3.63, 3.8) is 0 Å². The van der Waals surface area contributed by atoms with E-state index in [1.54, 1.807) is 0 Å². The van der Waals surface area contributed by atoms with Gasteiger partial charge in [-0.3, -0.25) is 0 Å². The van der Waals surface area contributed by atoms with Crippen LogP contribution in [0.15, 0.2) is 18.2 Å². The zero-order valence-corrected chi connectivity index (χ0v) is 10.8. The van der Waals surface area contributed by atoms with Crippen LogP contribution in [-0.4, -0.2) is 33.9 Å². The summed E-state index contributed by atoms with van der Waals surface area (Å²) in [6, 6.07) is 6.33. The molecular formula is C13H18N4O. The summed E-state index contributed by atoms with van der Waals surface area (Å²) in [6.07, 6.45) is 1.11. The summed E-state index contributed by atoms with van der Waals surface area (Å²) >= 11 is 0. The molecule has 3 rings (SSSR count). The van der Waals surface area contributed by atoms with Crippen molar-refractivity contribution in [1.82, 2.24) is 14.6 Å². The van der Waals surface area contributed by atoms with Crippen LogP contribution in [0.2, 0.25) is 0 Å². The molecule has 5 nitrogen and oxygen atoms in total. The number of ether oxygens (including phenoxy) is 1. The summed E-state index contributed by atoms with van der Waals surface area (Å²) in [6.45, 7) is 5.90. The monoisotopic (exact) mass is 246 g/mol. The molecule has 0 amide bonds. The van der Waals surface area contributed by atoms with Crippen molar-refractivity contribution < 1.29 is 4.74 Å². The molecule has 3 heterocycles. The number of anilines is 1. The van der Waals surface area contributed by atoms with Gasteiger partial charge in [-0.1, -0.05) is 6.07 Å². The number of nitrogens with one attached hydrogen (secondary N) is 1. The molecule has 0 aromatic carbocycles. The van der Waals surface area contributed by atoms with Crippen molar-refractivity contribution in [1.29, 1.82) is 0 Å². The molecule has 5 heteroatoms. The van der Waals surface area contributed by atoms with Gasteiger partial charge in [0.2, 0.25) is 5.95 Å². The zero-order chi connectivity index (χ0) is 12.5. The highest BCUT2D eigenvalue weighted by atomic mass is 16.5. The lowest BCUT2D eigenvalue weighted by Gasteiger charge is -2.17. The maximum atomic E-state index is 5.41. The van der Waals surface area contributed by atoms with E-state index in [1.807, 2.05) is 29.6 Å². The van der Waals surface area contributed by atoms with E-state index in [-0.39, 0.29) is 0 Å². The van der Waals surface area contributed by atoms with Gasteiger partial charge in [0.15, 0.2) is 5.65 Å². The second kappa shape index (κ2) is 4.57. The van der Waals surface area contributed by atoms with Crippen molar-refractivity contribution in [2.75, 3.05) is 18.5 Å². The number of aryl methyl sites for hydroxylation is 1. The van der Waals surface area contributed by atoms with Crippen LogP contribution in [0.1, 0.15) is 19.0 Å². The Kier molecular flexibility index (Phi) is 2.91. The molecule has 1 aliphatic heterocycles. The third-order valence-corrected chi connectivity index (χ3v) is 3.58. The second-order valence-electron chi connectivity index (χ2n) is 4.93. The fraction of sp³-hybridized carbons (Fsp3) is 0.538. The van der Waals surface area contributed by atoms with Gasteiger partial charge in [-0.15, -0.1) is 5.10 Å². The van der Waals surface area contributed by atoms with Gasteiger partial charge in [-0.2, -0.15) is 4.98 Å². The fourth-order valence-corrected chi connectivity index (χ4v) is 2.37. The number of nitrogens with zero attached hydrogens (tertiary/aromatic N) is 3. The first-order chi connectivity index (χ1) is 8.74. The summed E-state index contributed by atoms with van der Waals surface area (Å²) in [4.78, 5) is 4.48. The first-order valence-electron chi connectivity index (χ1n) is 6.41. The molecule has 0 spiro atoms. The van der Waals surface area contributed by atoms with E-state index in [4.69, 9.17) is 4.74 Å². The highest BCUT2D eigenvalue weighted by Crippen LogP contribution is 2.19. The van der Waals surface area contributed by atoms with E-state index < -0.39 is 0 Å². The molecule has 2 aromatic rings. The van der Waals surface area contributed by atoms with Gasteiger partial charge in [0, 0.05) is 24.3 Å². The standard InChI is InChI=1S/C13H18N4O/c1-9-4-3-5-12-15-13(16-17(9)12)14-10(2)11-6-7-18-8-11/h3-5,10-11H,6-8H2,1-2H3,(H,14,16). The van der Waals surface area contributed by atoms with Crippen LogP contribution >= 0.6 is 0 Å². The Morgan fingerprint density at radius 1 is 1.50 bits per heavy atom. The summed E-state index contributed by atoms with van der Waals surface area (Å²) in [5.41, 5.74) is 1.97. The van der Waals surface area contributed by atoms with Crippen molar-refractivity contribution in [3.05, 3.63) is 23.9 Å². The zero-order valence-electron chi connectivity index (χ0n) is 10.8. The lowest BCUT2D eigenvalue weighted by atomic mass is 10.0. The lowest BCUT2D eigenvalue weighted by molar-refractivity contribution is 0.183. The van der Waals surface area contributed by atoms with Crippen LogP contribution in [-0.2, 0) is 4.74 Å². The number of pyridine rings is 1. The third kappa shape index (κ3) is 2.06. The molecule has 1 aliphatic rings. The average Bonchev–Trinajstić information content (AvgIpc) is 2.97. The number of rotatable bonds is 3. The predicted molar refractivity (Wildman–Crippen MR) is 69.7 cm³/mol. The van der Waals surface area contributed by atoms with E-state index in [2.05, 4.69) is 22.3 Å². The lowest BCUT2D eigenvalue weighted by Crippen LogP contribution is -2.26. The smallest absolute Gasteiger partial charge is 0.243 e. The highest BCUT2D eigenvalue weighted by Gasteiger charge is 2.23. The number of hydrogen-bond donors (Lipinski definition) is 1. The molecular weight excluding hydrogens is 228 g/mol. The minimum atomic E-state index is 0.338. The van der Waals surface area contributed by atoms with Crippen molar-refractivity contribution in [2.24, 2.45) is 5.92 Å². The average molecular weight is 246 g/mol. The maximum absolute atomic E-state index is 5.41. The molecule has 1 fully saturated rings. The molecule has 2 unspecified atom stereocenters.